The number of H-pyrrole nitrogens is 1. The molecule has 2 aromatic rings. The molecule has 3 rings (SSSR count). The number of aromatic amines is 1. The number of aromatic nitrogens is 4. The maximum atomic E-state index is 12.2. The molecule has 0 aromatic carbocycles. The van der Waals surface area contributed by atoms with E-state index < -0.39 is 10.2 Å². The summed E-state index contributed by atoms with van der Waals surface area (Å²) in [6.45, 7) is 2.02. The van der Waals surface area contributed by atoms with Gasteiger partial charge in [0, 0.05) is 26.2 Å². The van der Waals surface area contributed by atoms with Crippen LogP contribution in [0.4, 0.5) is 5.95 Å². The lowest BCUT2D eigenvalue weighted by atomic mass is 10.4. The van der Waals surface area contributed by atoms with Crippen LogP contribution in [0.5, 0.6) is 0 Å². The molecule has 2 aromatic heterocycles. The summed E-state index contributed by atoms with van der Waals surface area (Å²) in [5.74, 6) is -0.0897. The summed E-state index contributed by atoms with van der Waals surface area (Å²) >= 11 is 5.94. The van der Waals surface area contributed by atoms with Gasteiger partial charge < -0.3 is 10.3 Å². The summed E-state index contributed by atoms with van der Waals surface area (Å²) in [6.07, 6.45) is 1.42. The van der Waals surface area contributed by atoms with Crippen LogP contribution in [0, 0.1) is 0 Å². The van der Waals surface area contributed by atoms with Crippen LogP contribution in [0.2, 0.25) is 5.15 Å². The summed E-state index contributed by atoms with van der Waals surface area (Å²) < 4.78 is 28.0. The number of imidazole rings is 1. The molecular weight excluding hydrogens is 306 g/mol. The van der Waals surface area contributed by atoms with E-state index in [1.54, 1.807) is 0 Å². The number of hydrogen-bond acceptors (Lipinski definition) is 6. The Hall–Kier alpha value is -1.49. The molecule has 108 valence electrons. The van der Waals surface area contributed by atoms with E-state index in [1.807, 2.05) is 0 Å². The Balaban J connectivity index is 1.88. The predicted octanol–water partition coefficient (Wildman–Crippen LogP) is -0.432. The average molecular weight is 318 g/mol. The van der Waals surface area contributed by atoms with Gasteiger partial charge in [0.25, 0.3) is 0 Å². The quantitative estimate of drug-likeness (QED) is 0.661. The molecule has 0 spiro atoms. The fourth-order valence-electron chi connectivity index (χ4n) is 1.91. The van der Waals surface area contributed by atoms with Crippen molar-refractivity contribution < 1.29 is 8.42 Å². The van der Waals surface area contributed by atoms with E-state index >= 15 is 0 Å². The van der Waals surface area contributed by atoms with Gasteiger partial charge in [0.05, 0.1) is 6.33 Å². The van der Waals surface area contributed by atoms with E-state index in [9.17, 15) is 8.42 Å². The van der Waals surface area contributed by atoms with Crippen LogP contribution in [-0.4, -0.2) is 58.8 Å². The fourth-order valence-corrected chi connectivity index (χ4v) is 3.24. The summed E-state index contributed by atoms with van der Waals surface area (Å²) in [7, 11) is -3.68. The van der Waals surface area contributed by atoms with Crippen molar-refractivity contribution in [2.45, 2.75) is 0 Å². The van der Waals surface area contributed by atoms with Gasteiger partial charge in [-0.25, -0.2) is 9.71 Å². The Labute approximate surface area is 119 Å². The smallest absolute Gasteiger partial charge is 0.304 e. The van der Waals surface area contributed by atoms with Crippen LogP contribution >= 0.6 is 11.6 Å². The molecule has 1 saturated heterocycles. The number of hydrogen-bond donors (Lipinski definition) is 3. The third-order valence-electron chi connectivity index (χ3n) is 2.88. The van der Waals surface area contributed by atoms with Crippen molar-refractivity contribution in [1.29, 1.82) is 0 Å². The normalized spacial score (nSPS) is 17.4. The van der Waals surface area contributed by atoms with E-state index in [0.717, 1.165) is 0 Å². The molecule has 1 aliphatic heterocycles. The van der Waals surface area contributed by atoms with Crippen molar-refractivity contribution in [3.63, 3.8) is 0 Å². The number of fused-ring (bicyclic) bond motifs is 1. The van der Waals surface area contributed by atoms with Gasteiger partial charge in [-0.1, -0.05) is 11.6 Å². The van der Waals surface area contributed by atoms with Crippen LogP contribution in [0.25, 0.3) is 11.2 Å². The van der Waals surface area contributed by atoms with Gasteiger partial charge in [0.15, 0.2) is 10.8 Å². The van der Waals surface area contributed by atoms with Gasteiger partial charge in [0.2, 0.25) is 5.95 Å². The molecule has 11 heteroatoms. The Morgan fingerprint density at radius 1 is 1.30 bits per heavy atom. The minimum atomic E-state index is -3.68. The molecule has 0 atom stereocenters. The van der Waals surface area contributed by atoms with Crippen molar-refractivity contribution in [3.8, 4) is 0 Å². The third-order valence-corrected chi connectivity index (χ3v) is 4.64. The monoisotopic (exact) mass is 317 g/mol. The first-order valence-corrected chi connectivity index (χ1v) is 7.73. The number of anilines is 1. The zero-order chi connectivity index (χ0) is 14.2. The largest absolute Gasteiger partial charge is 0.341 e. The third kappa shape index (κ3) is 2.54. The first-order chi connectivity index (χ1) is 9.56. The lowest BCUT2D eigenvalue weighted by molar-refractivity contribution is 0.362. The highest BCUT2D eigenvalue weighted by Crippen LogP contribution is 2.19. The van der Waals surface area contributed by atoms with Gasteiger partial charge in [-0.05, 0) is 0 Å². The molecule has 0 aliphatic carbocycles. The topological polar surface area (TPSA) is 116 Å². The zero-order valence-electron chi connectivity index (χ0n) is 10.3. The lowest BCUT2D eigenvalue weighted by Crippen LogP contribution is -2.48. The number of rotatable bonds is 3. The van der Waals surface area contributed by atoms with Crippen LogP contribution < -0.4 is 10.0 Å². The highest BCUT2D eigenvalue weighted by molar-refractivity contribution is 7.90. The second-order valence-electron chi connectivity index (χ2n) is 4.20. The van der Waals surface area contributed by atoms with E-state index in [2.05, 4.69) is 30.0 Å². The second-order valence-corrected chi connectivity index (χ2v) is 6.22. The van der Waals surface area contributed by atoms with Crippen molar-refractivity contribution in [1.82, 2.24) is 29.6 Å². The predicted molar refractivity (Wildman–Crippen MR) is 73.7 cm³/mol. The maximum Gasteiger partial charge on any atom is 0.304 e. The van der Waals surface area contributed by atoms with Crippen molar-refractivity contribution in [2.24, 2.45) is 0 Å². The number of piperazine rings is 1. The van der Waals surface area contributed by atoms with Gasteiger partial charge in [-0.15, -0.1) is 0 Å². The van der Waals surface area contributed by atoms with Gasteiger partial charge in [0.1, 0.15) is 5.52 Å². The van der Waals surface area contributed by atoms with Crippen molar-refractivity contribution in [2.75, 3.05) is 30.9 Å². The minimum absolute atomic E-state index is 0.0897. The van der Waals surface area contributed by atoms with E-state index in [1.165, 1.54) is 10.6 Å². The van der Waals surface area contributed by atoms with Gasteiger partial charge in [-0.2, -0.15) is 22.7 Å². The molecule has 0 radical (unpaired) electrons. The van der Waals surface area contributed by atoms with Gasteiger partial charge in [-0.3, -0.25) is 0 Å². The summed E-state index contributed by atoms with van der Waals surface area (Å²) in [6, 6.07) is 0. The number of halogens is 1. The molecule has 20 heavy (non-hydrogen) atoms. The van der Waals surface area contributed by atoms with Crippen LogP contribution in [0.15, 0.2) is 6.33 Å². The highest BCUT2D eigenvalue weighted by Gasteiger charge is 2.25. The molecule has 1 fully saturated rings. The average Bonchev–Trinajstić information content (AvgIpc) is 2.88. The fraction of sp³-hybridized carbons (Fsp3) is 0.444. The summed E-state index contributed by atoms with van der Waals surface area (Å²) in [5.41, 5.74) is 0.778. The van der Waals surface area contributed by atoms with Crippen molar-refractivity contribution in [3.05, 3.63) is 11.5 Å². The summed E-state index contributed by atoms with van der Waals surface area (Å²) in [5, 5.41) is 3.20. The highest BCUT2D eigenvalue weighted by atomic mass is 35.5. The van der Waals surface area contributed by atoms with Crippen LogP contribution in [-0.2, 0) is 10.2 Å². The van der Waals surface area contributed by atoms with E-state index in [4.69, 9.17) is 11.6 Å². The molecule has 3 N–H and O–H groups in total. The molecule has 0 saturated carbocycles. The van der Waals surface area contributed by atoms with Crippen LogP contribution in [0.1, 0.15) is 0 Å². The second kappa shape index (κ2) is 5.13. The van der Waals surface area contributed by atoms with E-state index in [0.29, 0.717) is 37.3 Å². The van der Waals surface area contributed by atoms with Gasteiger partial charge >= 0.3 is 10.2 Å². The molecule has 0 unspecified atom stereocenters. The summed E-state index contributed by atoms with van der Waals surface area (Å²) in [4.78, 5) is 14.6. The standard InChI is InChI=1S/C9H12ClN7O2S/c10-7-6-8(13-5-12-6)15-9(14-7)16-20(18,19)17-3-1-11-2-4-17/h5,11H,1-4H2,(H2,12,13,14,15,16). The lowest BCUT2D eigenvalue weighted by Gasteiger charge is -2.26. The Bertz CT molecular complexity index is 725. The molecule has 3 heterocycles. The molecule has 9 nitrogen and oxygen atoms in total. The Morgan fingerprint density at radius 2 is 2.05 bits per heavy atom. The number of nitrogens with one attached hydrogen (secondary N) is 3. The van der Waals surface area contributed by atoms with E-state index in [-0.39, 0.29) is 11.1 Å². The zero-order valence-corrected chi connectivity index (χ0v) is 11.9. The SMILES string of the molecule is O=S(=O)(Nc1nc(Cl)c2[nH]cnc2n1)N1CCNCC1. The first-order valence-electron chi connectivity index (χ1n) is 5.91. The minimum Gasteiger partial charge on any atom is -0.341 e. The number of nitrogens with zero attached hydrogens (tertiary/aromatic N) is 4. The molecular formula is C9H12ClN7O2S. The molecule has 0 bridgehead atoms. The Morgan fingerprint density at radius 3 is 2.80 bits per heavy atom. The molecule has 1 aliphatic rings. The molecule has 0 amide bonds. The first kappa shape index (κ1) is 13.5. The maximum absolute atomic E-state index is 12.2. The van der Waals surface area contributed by atoms with Crippen molar-refractivity contribution >= 4 is 38.9 Å². The Kier molecular flexibility index (Phi) is 3.46. The van der Waals surface area contributed by atoms with Crippen LogP contribution in [0.3, 0.4) is 0 Å².